The number of aliphatic imine (C=N–C) groups is 1. The fourth-order valence-electron chi connectivity index (χ4n) is 2.29. The second kappa shape index (κ2) is 12.6. The van der Waals surface area contributed by atoms with Crippen LogP contribution in [0.4, 0.5) is 0 Å². The van der Waals surface area contributed by atoms with Crippen molar-refractivity contribution in [3.63, 3.8) is 0 Å². The van der Waals surface area contributed by atoms with Crippen molar-refractivity contribution in [3.8, 4) is 5.75 Å². The standard InChI is InChI=1S/C19H33N3O4S/c1-5-20-19(21-10-13-27(23,24)6-2)22-15-17-9-8-16(3)14-18(17)26-12-7-11-25-4/h8-9,14H,5-7,10-13,15H2,1-4H3,(H2,20,21,22). The van der Waals surface area contributed by atoms with Gasteiger partial charge in [-0.05, 0) is 25.5 Å². The van der Waals surface area contributed by atoms with E-state index in [2.05, 4.69) is 15.6 Å². The SMILES string of the molecule is CCNC(=NCc1ccc(C)cc1OCCCOC)NCCS(=O)(=O)CC. The first kappa shape index (κ1) is 23.2. The smallest absolute Gasteiger partial charge is 0.191 e. The Morgan fingerprint density at radius 2 is 1.96 bits per heavy atom. The van der Waals surface area contributed by atoms with Crippen molar-refractivity contribution in [1.29, 1.82) is 0 Å². The highest BCUT2D eigenvalue weighted by atomic mass is 32.2. The highest BCUT2D eigenvalue weighted by Gasteiger charge is 2.08. The van der Waals surface area contributed by atoms with Crippen molar-refractivity contribution < 1.29 is 17.9 Å². The summed E-state index contributed by atoms with van der Waals surface area (Å²) in [6.45, 7) is 8.35. The average Bonchev–Trinajstić information content (AvgIpc) is 2.64. The number of sulfone groups is 1. The molecular formula is C19H33N3O4S. The lowest BCUT2D eigenvalue weighted by atomic mass is 10.1. The Morgan fingerprint density at radius 3 is 2.63 bits per heavy atom. The number of ether oxygens (including phenoxy) is 2. The van der Waals surface area contributed by atoms with Gasteiger partial charge in [0.25, 0.3) is 0 Å². The number of guanidine groups is 1. The molecule has 0 aliphatic carbocycles. The highest BCUT2D eigenvalue weighted by molar-refractivity contribution is 7.91. The summed E-state index contributed by atoms with van der Waals surface area (Å²) < 4.78 is 34.2. The predicted octanol–water partition coefficient (Wildman–Crippen LogP) is 1.90. The molecule has 0 saturated heterocycles. The van der Waals surface area contributed by atoms with E-state index in [0.717, 1.165) is 23.3 Å². The van der Waals surface area contributed by atoms with E-state index in [-0.39, 0.29) is 11.5 Å². The van der Waals surface area contributed by atoms with Crippen LogP contribution >= 0.6 is 0 Å². The topological polar surface area (TPSA) is 89.0 Å². The molecule has 0 bridgehead atoms. The number of aryl methyl sites for hydroxylation is 1. The number of hydrogen-bond acceptors (Lipinski definition) is 5. The quantitative estimate of drug-likeness (QED) is 0.317. The Kier molecular flexibility index (Phi) is 10.8. The molecule has 0 saturated carbocycles. The maximum absolute atomic E-state index is 11.6. The van der Waals surface area contributed by atoms with Gasteiger partial charge >= 0.3 is 0 Å². The third kappa shape index (κ3) is 9.63. The Morgan fingerprint density at radius 1 is 1.19 bits per heavy atom. The number of rotatable bonds is 12. The van der Waals surface area contributed by atoms with Gasteiger partial charge in [-0.3, -0.25) is 0 Å². The maximum atomic E-state index is 11.6. The lowest BCUT2D eigenvalue weighted by molar-refractivity contribution is 0.172. The normalized spacial score (nSPS) is 12.1. The van der Waals surface area contributed by atoms with Crippen molar-refractivity contribution >= 4 is 15.8 Å². The molecule has 0 aliphatic rings. The second-order valence-corrected chi connectivity index (χ2v) is 8.64. The molecule has 0 amide bonds. The minimum absolute atomic E-state index is 0.0896. The Hall–Kier alpha value is -1.80. The summed E-state index contributed by atoms with van der Waals surface area (Å²) in [6, 6.07) is 6.04. The van der Waals surface area contributed by atoms with Gasteiger partial charge in [-0.1, -0.05) is 19.1 Å². The van der Waals surface area contributed by atoms with Gasteiger partial charge in [0.1, 0.15) is 5.75 Å². The fraction of sp³-hybridized carbons (Fsp3) is 0.632. The molecule has 0 aromatic heterocycles. The molecule has 8 heteroatoms. The van der Waals surface area contributed by atoms with Gasteiger partial charge in [-0.2, -0.15) is 0 Å². The molecular weight excluding hydrogens is 366 g/mol. The number of benzene rings is 1. The van der Waals surface area contributed by atoms with Gasteiger partial charge in [0, 0.05) is 44.5 Å². The van der Waals surface area contributed by atoms with E-state index in [9.17, 15) is 8.42 Å². The molecule has 0 heterocycles. The van der Waals surface area contributed by atoms with Gasteiger partial charge in [0.15, 0.2) is 15.8 Å². The van der Waals surface area contributed by atoms with Crippen LogP contribution in [0.1, 0.15) is 31.4 Å². The predicted molar refractivity (Wildman–Crippen MR) is 110 cm³/mol. The Balaban J connectivity index is 2.74. The molecule has 0 fully saturated rings. The Labute approximate surface area is 163 Å². The summed E-state index contributed by atoms with van der Waals surface area (Å²) in [5.74, 6) is 1.65. The van der Waals surface area contributed by atoms with Crippen LogP contribution in [0.2, 0.25) is 0 Å². The zero-order chi connectivity index (χ0) is 20.1. The zero-order valence-electron chi connectivity index (χ0n) is 16.9. The van der Waals surface area contributed by atoms with Crippen LogP contribution in [0.25, 0.3) is 0 Å². The number of methoxy groups -OCH3 is 1. The summed E-state index contributed by atoms with van der Waals surface area (Å²) in [5, 5.41) is 6.21. The van der Waals surface area contributed by atoms with Gasteiger partial charge in [0.2, 0.25) is 0 Å². The van der Waals surface area contributed by atoms with Gasteiger partial charge < -0.3 is 20.1 Å². The lowest BCUT2D eigenvalue weighted by Crippen LogP contribution is -2.39. The van der Waals surface area contributed by atoms with Crippen molar-refractivity contribution in [1.82, 2.24) is 10.6 Å². The first-order valence-electron chi connectivity index (χ1n) is 9.35. The van der Waals surface area contributed by atoms with Crippen LogP contribution in [0.5, 0.6) is 5.75 Å². The average molecular weight is 400 g/mol. The molecule has 154 valence electrons. The van der Waals surface area contributed by atoms with Crippen molar-refractivity contribution in [2.75, 3.05) is 44.9 Å². The molecule has 0 spiro atoms. The summed E-state index contributed by atoms with van der Waals surface area (Å²) in [5.41, 5.74) is 2.11. The van der Waals surface area contributed by atoms with E-state index in [4.69, 9.17) is 9.47 Å². The Bertz CT molecular complexity index is 690. The number of hydrogen-bond donors (Lipinski definition) is 2. The first-order valence-corrected chi connectivity index (χ1v) is 11.2. The van der Waals surface area contributed by atoms with E-state index >= 15 is 0 Å². The van der Waals surface area contributed by atoms with Crippen LogP contribution in [-0.2, 0) is 21.1 Å². The van der Waals surface area contributed by atoms with Gasteiger partial charge in [-0.25, -0.2) is 13.4 Å². The summed E-state index contributed by atoms with van der Waals surface area (Å²) in [7, 11) is -1.32. The maximum Gasteiger partial charge on any atom is 0.191 e. The molecule has 0 radical (unpaired) electrons. The molecule has 1 rings (SSSR count). The van der Waals surface area contributed by atoms with Crippen LogP contribution in [0.3, 0.4) is 0 Å². The zero-order valence-corrected chi connectivity index (χ0v) is 17.7. The second-order valence-electron chi connectivity index (χ2n) is 6.16. The van der Waals surface area contributed by atoms with Gasteiger partial charge in [0.05, 0.1) is 18.9 Å². The molecule has 1 aromatic rings. The largest absolute Gasteiger partial charge is 0.493 e. The molecule has 0 unspecified atom stereocenters. The van der Waals surface area contributed by atoms with Crippen molar-refractivity contribution in [2.24, 2.45) is 4.99 Å². The van der Waals surface area contributed by atoms with E-state index in [1.807, 2.05) is 32.0 Å². The molecule has 0 aliphatic heterocycles. The first-order chi connectivity index (χ1) is 12.9. The minimum atomic E-state index is -3.00. The molecule has 2 N–H and O–H groups in total. The number of nitrogens with one attached hydrogen (secondary N) is 2. The summed E-state index contributed by atoms with van der Waals surface area (Å²) >= 11 is 0. The van der Waals surface area contributed by atoms with E-state index < -0.39 is 9.84 Å². The fourth-order valence-corrected chi connectivity index (χ4v) is 2.99. The third-order valence-electron chi connectivity index (χ3n) is 3.87. The third-order valence-corrected chi connectivity index (χ3v) is 5.58. The molecule has 27 heavy (non-hydrogen) atoms. The lowest BCUT2D eigenvalue weighted by Gasteiger charge is -2.13. The van der Waals surface area contributed by atoms with Crippen LogP contribution in [-0.4, -0.2) is 59.3 Å². The monoisotopic (exact) mass is 399 g/mol. The summed E-state index contributed by atoms with van der Waals surface area (Å²) in [4.78, 5) is 4.56. The van der Waals surface area contributed by atoms with Gasteiger partial charge in [-0.15, -0.1) is 0 Å². The van der Waals surface area contributed by atoms with Crippen LogP contribution in [0, 0.1) is 6.92 Å². The van der Waals surface area contributed by atoms with E-state index in [1.165, 1.54) is 0 Å². The minimum Gasteiger partial charge on any atom is -0.493 e. The van der Waals surface area contributed by atoms with Crippen LogP contribution < -0.4 is 15.4 Å². The van der Waals surface area contributed by atoms with Crippen LogP contribution in [0.15, 0.2) is 23.2 Å². The molecule has 0 atom stereocenters. The highest BCUT2D eigenvalue weighted by Crippen LogP contribution is 2.21. The molecule has 1 aromatic carbocycles. The summed E-state index contributed by atoms with van der Waals surface area (Å²) in [6.07, 6.45) is 0.823. The van der Waals surface area contributed by atoms with E-state index in [0.29, 0.717) is 38.8 Å². The molecule has 7 nitrogen and oxygen atoms in total. The van der Waals surface area contributed by atoms with E-state index in [1.54, 1.807) is 14.0 Å². The van der Waals surface area contributed by atoms with Crippen molar-refractivity contribution in [2.45, 2.75) is 33.7 Å². The number of nitrogens with zero attached hydrogens (tertiary/aromatic N) is 1. The van der Waals surface area contributed by atoms with Crippen molar-refractivity contribution in [3.05, 3.63) is 29.3 Å².